The molecule has 0 unspecified atom stereocenters. The van der Waals surface area contributed by atoms with Gasteiger partial charge in [0.1, 0.15) is 0 Å². The lowest BCUT2D eigenvalue weighted by molar-refractivity contribution is 0.283. The smallest absolute Gasteiger partial charge is 0.203 e. The van der Waals surface area contributed by atoms with Gasteiger partial charge in [-0.3, -0.25) is 9.97 Å². The number of para-hydroxylation sites is 1. The minimum Gasteiger partial charge on any atom is -0.494 e. The molecule has 1 aliphatic carbocycles. The molecule has 0 radical (unpaired) electrons. The Bertz CT molecular complexity index is 1100. The van der Waals surface area contributed by atoms with Crippen molar-refractivity contribution in [2.24, 2.45) is 0 Å². The highest BCUT2D eigenvalue weighted by atomic mass is 16.3. The first kappa shape index (κ1) is 14.2. The minimum absolute atomic E-state index is 0.219. The number of hydrogen-bond acceptors (Lipinski definition) is 5. The normalized spacial score (nSPS) is 14.9. The molecule has 3 N–H and O–H groups in total. The molecule has 0 amide bonds. The van der Waals surface area contributed by atoms with Crippen molar-refractivity contribution in [3.8, 4) is 17.1 Å². The van der Waals surface area contributed by atoms with Crippen molar-refractivity contribution in [1.29, 1.82) is 0 Å². The van der Waals surface area contributed by atoms with E-state index < -0.39 is 0 Å². The van der Waals surface area contributed by atoms with Crippen molar-refractivity contribution in [1.82, 2.24) is 19.5 Å². The van der Waals surface area contributed by atoms with E-state index in [9.17, 15) is 5.11 Å². The van der Waals surface area contributed by atoms with E-state index in [4.69, 9.17) is 10.7 Å². The zero-order valence-corrected chi connectivity index (χ0v) is 13.6. The van der Waals surface area contributed by atoms with Crippen LogP contribution in [0.4, 0.5) is 5.69 Å². The van der Waals surface area contributed by atoms with E-state index in [0.717, 1.165) is 35.0 Å². The van der Waals surface area contributed by atoms with Gasteiger partial charge in [-0.05, 0) is 19.3 Å². The van der Waals surface area contributed by atoms with Gasteiger partial charge in [0.2, 0.25) is 5.88 Å². The van der Waals surface area contributed by atoms with Crippen LogP contribution in [0.25, 0.3) is 33.1 Å². The van der Waals surface area contributed by atoms with Crippen molar-refractivity contribution >= 4 is 27.5 Å². The average Bonchev–Trinajstić information content (AvgIpc) is 2.91. The van der Waals surface area contributed by atoms with Crippen LogP contribution in [0.1, 0.15) is 25.3 Å². The van der Waals surface area contributed by atoms with Crippen LogP contribution in [0.5, 0.6) is 5.88 Å². The number of hydrogen-bond donors (Lipinski definition) is 2. The van der Waals surface area contributed by atoms with Gasteiger partial charge < -0.3 is 15.4 Å². The molecule has 6 nitrogen and oxygen atoms in total. The summed E-state index contributed by atoms with van der Waals surface area (Å²) < 4.78 is 1.92. The molecule has 4 aromatic rings. The zero-order chi connectivity index (χ0) is 17.0. The molecule has 0 aliphatic heterocycles. The molecule has 1 aromatic carbocycles. The maximum absolute atomic E-state index is 10.7. The first-order valence-electron chi connectivity index (χ1n) is 8.42. The number of benzene rings is 1. The number of aromatic nitrogens is 4. The fourth-order valence-corrected chi connectivity index (χ4v) is 3.57. The molecule has 1 fully saturated rings. The van der Waals surface area contributed by atoms with Crippen molar-refractivity contribution in [2.45, 2.75) is 25.3 Å². The maximum atomic E-state index is 10.7. The molecular weight excluding hydrogens is 314 g/mol. The van der Waals surface area contributed by atoms with Gasteiger partial charge in [0.15, 0.2) is 0 Å². The molecule has 3 heterocycles. The Morgan fingerprint density at radius 2 is 2.08 bits per heavy atom. The summed E-state index contributed by atoms with van der Waals surface area (Å²) in [5.41, 5.74) is 10.1. The van der Waals surface area contributed by atoms with Crippen molar-refractivity contribution in [3.63, 3.8) is 0 Å². The van der Waals surface area contributed by atoms with Crippen molar-refractivity contribution < 1.29 is 5.11 Å². The Hall–Kier alpha value is -3.15. The fourth-order valence-electron chi connectivity index (χ4n) is 3.57. The van der Waals surface area contributed by atoms with Crippen LogP contribution in [0, 0.1) is 0 Å². The number of rotatable bonds is 2. The highest BCUT2D eigenvalue weighted by Crippen LogP contribution is 2.42. The lowest BCUT2D eigenvalue weighted by atomic mass is 9.93. The molecule has 5 rings (SSSR count). The highest BCUT2D eigenvalue weighted by Gasteiger charge is 2.25. The number of fused-ring (bicyclic) bond motifs is 2. The van der Waals surface area contributed by atoms with E-state index >= 15 is 0 Å². The zero-order valence-electron chi connectivity index (χ0n) is 13.6. The predicted molar refractivity (Wildman–Crippen MR) is 97.2 cm³/mol. The molecule has 0 atom stereocenters. The quantitative estimate of drug-likeness (QED) is 0.585. The molecule has 6 heteroatoms. The average molecular weight is 331 g/mol. The van der Waals surface area contributed by atoms with Gasteiger partial charge in [-0.2, -0.15) is 0 Å². The number of nitrogens with zero attached hydrogens (tertiary/aromatic N) is 4. The second-order valence-corrected chi connectivity index (χ2v) is 6.52. The number of aromatic hydroxyl groups is 1. The van der Waals surface area contributed by atoms with Gasteiger partial charge in [0.05, 0.1) is 34.0 Å². The largest absolute Gasteiger partial charge is 0.494 e. The van der Waals surface area contributed by atoms with E-state index in [1.54, 1.807) is 18.6 Å². The lowest BCUT2D eigenvalue weighted by Gasteiger charge is -2.27. The highest BCUT2D eigenvalue weighted by molar-refractivity contribution is 6.11. The molecule has 1 aliphatic rings. The molecule has 0 spiro atoms. The van der Waals surface area contributed by atoms with E-state index in [0.29, 0.717) is 22.6 Å². The summed E-state index contributed by atoms with van der Waals surface area (Å²) in [6.07, 6.45) is 10.3. The third kappa shape index (κ3) is 2.00. The molecule has 1 saturated carbocycles. The van der Waals surface area contributed by atoms with Crippen LogP contribution in [0.15, 0.2) is 43.0 Å². The van der Waals surface area contributed by atoms with Crippen LogP contribution < -0.4 is 5.73 Å². The Kier molecular flexibility index (Phi) is 2.94. The van der Waals surface area contributed by atoms with Crippen molar-refractivity contribution in [3.05, 3.63) is 43.0 Å². The van der Waals surface area contributed by atoms with Gasteiger partial charge >= 0.3 is 0 Å². The minimum atomic E-state index is 0.219. The number of pyridine rings is 1. The van der Waals surface area contributed by atoms with Crippen LogP contribution in [0.3, 0.4) is 0 Å². The van der Waals surface area contributed by atoms with Crippen LogP contribution in [-0.4, -0.2) is 24.6 Å². The van der Waals surface area contributed by atoms with E-state index in [1.165, 1.54) is 6.42 Å². The monoisotopic (exact) mass is 331 g/mol. The third-order valence-corrected chi connectivity index (χ3v) is 5.12. The van der Waals surface area contributed by atoms with Gasteiger partial charge in [-0.15, -0.1) is 0 Å². The Balaban J connectivity index is 1.83. The molecule has 3 aromatic heterocycles. The second kappa shape index (κ2) is 5.17. The molecule has 124 valence electrons. The van der Waals surface area contributed by atoms with E-state index in [-0.39, 0.29) is 5.88 Å². The van der Waals surface area contributed by atoms with Crippen LogP contribution in [0.2, 0.25) is 0 Å². The third-order valence-electron chi connectivity index (χ3n) is 5.12. The molecule has 25 heavy (non-hydrogen) atoms. The summed E-state index contributed by atoms with van der Waals surface area (Å²) in [7, 11) is 0. The summed E-state index contributed by atoms with van der Waals surface area (Å²) >= 11 is 0. The summed E-state index contributed by atoms with van der Waals surface area (Å²) in [6, 6.07) is 6.16. The predicted octanol–water partition coefficient (Wildman–Crippen LogP) is 3.66. The van der Waals surface area contributed by atoms with E-state index in [2.05, 4.69) is 9.97 Å². The summed E-state index contributed by atoms with van der Waals surface area (Å²) in [5, 5.41) is 12.1. The van der Waals surface area contributed by atoms with Gasteiger partial charge in [0, 0.05) is 35.6 Å². The van der Waals surface area contributed by atoms with Crippen LogP contribution >= 0.6 is 0 Å². The Morgan fingerprint density at radius 1 is 1.20 bits per heavy atom. The van der Waals surface area contributed by atoms with E-state index in [1.807, 2.05) is 29.0 Å². The maximum Gasteiger partial charge on any atom is 0.203 e. The summed E-state index contributed by atoms with van der Waals surface area (Å²) in [4.78, 5) is 13.3. The van der Waals surface area contributed by atoms with Gasteiger partial charge in [-0.25, -0.2) is 4.98 Å². The lowest BCUT2D eigenvalue weighted by Crippen LogP contribution is -2.15. The number of nitrogens with two attached hydrogens (primary N) is 1. The first-order valence-corrected chi connectivity index (χ1v) is 8.42. The Labute approximate surface area is 144 Å². The van der Waals surface area contributed by atoms with Gasteiger partial charge in [0.25, 0.3) is 0 Å². The molecule has 0 saturated heterocycles. The summed E-state index contributed by atoms with van der Waals surface area (Å²) in [6.45, 7) is 0. The summed E-state index contributed by atoms with van der Waals surface area (Å²) in [5.74, 6) is 0.219. The standard InChI is InChI=1S/C19H17N5O/c20-17-13-6-2-5-12(14-9-21-7-8-22-14)18(13)23-15-10-24(11-3-1-4-11)19(25)16(15)17/h2,5-11,25H,1,3-4,20H2. The Morgan fingerprint density at radius 3 is 2.80 bits per heavy atom. The number of anilines is 1. The molecular formula is C19H17N5O. The van der Waals surface area contributed by atoms with Crippen molar-refractivity contribution in [2.75, 3.05) is 5.73 Å². The number of nitrogen functional groups attached to an aromatic ring is 1. The van der Waals surface area contributed by atoms with Gasteiger partial charge in [-0.1, -0.05) is 18.2 Å². The fraction of sp³-hybridized carbons (Fsp3) is 0.211. The van der Waals surface area contributed by atoms with Crippen LogP contribution in [-0.2, 0) is 0 Å². The second-order valence-electron chi connectivity index (χ2n) is 6.52. The molecule has 0 bridgehead atoms. The first-order chi connectivity index (χ1) is 12.2. The SMILES string of the molecule is Nc1c2cccc(-c3cnccn3)c2nc2cn(C3CCC3)c(O)c12. The topological polar surface area (TPSA) is 89.9 Å².